The molecule has 3 heterocycles. The number of aliphatic hydroxyl groups excluding tert-OH is 1. The summed E-state index contributed by atoms with van der Waals surface area (Å²) in [7, 11) is 0. The second-order valence-electron chi connectivity index (χ2n) is 4.64. The normalized spacial score (nSPS) is 18.8. The molecule has 1 fully saturated rings. The number of anilines is 1. The Hall–Kier alpha value is -2.01. The number of nitrogens with zero attached hydrogens (tertiary/aromatic N) is 4. The van der Waals surface area contributed by atoms with Crippen molar-refractivity contribution >= 4 is 5.82 Å². The third-order valence-electron chi connectivity index (χ3n) is 3.47. The Morgan fingerprint density at radius 2 is 2.16 bits per heavy atom. The minimum Gasteiger partial charge on any atom is -0.394 e. The van der Waals surface area contributed by atoms with E-state index in [-0.39, 0.29) is 12.6 Å². The van der Waals surface area contributed by atoms with E-state index in [9.17, 15) is 5.11 Å². The van der Waals surface area contributed by atoms with Gasteiger partial charge in [-0.3, -0.25) is 9.97 Å². The predicted octanol–water partition coefficient (Wildman–Crippen LogP) is 1.50. The number of aliphatic hydroxyl groups is 1. The van der Waals surface area contributed by atoms with E-state index < -0.39 is 0 Å². The molecule has 1 aliphatic heterocycles. The van der Waals surface area contributed by atoms with Gasteiger partial charge >= 0.3 is 0 Å². The van der Waals surface area contributed by atoms with Gasteiger partial charge in [-0.1, -0.05) is 0 Å². The lowest BCUT2D eigenvalue weighted by atomic mass is 10.2. The number of hydrogen-bond acceptors (Lipinski definition) is 5. The van der Waals surface area contributed by atoms with E-state index in [2.05, 4.69) is 19.9 Å². The Bertz CT molecular complexity index is 546. The van der Waals surface area contributed by atoms with Crippen LogP contribution in [-0.2, 0) is 0 Å². The van der Waals surface area contributed by atoms with Crippen molar-refractivity contribution in [3.8, 4) is 11.3 Å². The van der Waals surface area contributed by atoms with Crippen LogP contribution >= 0.6 is 0 Å². The third kappa shape index (κ3) is 2.29. The first kappa shape index (κ1) is 12.0. The van der Waals surface area contributed by atoms with Gasteiger partial charge < -0.3 is 10.0 Å². The molecular weight excluding hydrogens is 240 g/mol. The molecule has 0 aromatic carbocycles. The highest BCUT2D eigenvalue weighted by atomic mass is 16.3. The van der Waals surface area contributed by atoms with Gasteiger partial charge in [0.2, 0.25) is 0 Å². The van der Waals surface area contributed by atoms with Gasteiger partial charge in [0.15, 0.2) is 5.82 Å². The van der Waals surface area contributed by atoms with E-state index in [0.717, 1.165) is 36.5 Å². The first-order valence-corrected chi connectivity index (χ1v) is 6.49. The summed E-state index contributed by atoms with van der Waals surface area (Å²) in [5.74, 6) is 0.840. The van der Waals surface area contributed by atoms with Crippen LogP contribution in [0.15, 0.2) is 36.9 Å². The van der Waals surface area contributed by atoms with E-state index in [0.29, 0.717) is 0 Å². The standard InChI is InChI=1S/C14H16N4O/c19-10-12-4-2-8-18(12)14-13(16-6-7-17-14)11-3-1-5-15-9-11/h1,3,5-7,9,12,19H,2,4,8,10H2. The third-order valence-corrected chi connectivity index (χ3v) is 3.47. The average molecular weight is 256 g/mol. The summed E-state index contributed by atoms with van der Waals surface area (Å²) < 4.78 is 0. The molecule has 0 spiro atoms. The molecule has 2 aromatic heterocycles. The van der Waals surface area contributed by atoms with Gasteiger partial charge in [0.25, 0.3) is 0 Å². The van der Waals surface area contributed by atoms with E-state index in [1.165, 1.54) is 0 Å². The van der Waals surface area contributed by atoms with E-state index in [1.54, 1.807) is 24.8 Å². The number of pyridine rings is 1. The van der Waals surface area contributed by atoms with Crippen molar-refractivity contribution in [2.45, 2.75) is 18.9 Å². The zero-order valence-corrected chi connectivity index (χ0v) is 10.6. The second kappa shape index (κ2) is 5.32. The molecule has 1 saturated heterocycles. The van der Waals surface area contributed by atoms with Gasteiger partial charge in [-0.05, 0) is 25.0 Å². The zero-order chi connectivity index (χ0) is 13.1. The van der Waals surface area contributed by atoms with Gasteiger partial charge in [0.1, 0.15) is 5.69 Å². The predicted molar refractivity (Wildman–Crippen MR) is 72.7 cm³/mol. The van der Waals surface area contributed by atoms with Crippen molar-refractivity contribution in [1.82, 2.24) is 15.0 Å². The smallest absolute Gasteiger partial charge is 0.155 e. The van der Waals surface area contributed by atoms with Crippen molar-refractivity contribution in [2.75, 3.05) is 18.1 Å². The maximum absolute atomic E-state index is 9.46. The summed E-state index contributed by atoms with van der Waals surface area (Å²) in [5.41, 5.74) is 1.78. The van der Waals surface area contributed by atoms with E-state index in [4.69, 9.17) is 0 Å². The second-order valence-corrected chi connectivity index (χ2v) is 4.64. The largest absolute Gasteiger partial charge is 0.394 e. The highest BCUT2D eigenvalue weighted by Gasteiger charge is 2.27. The van der Waals surface area contributed by atoms with Crippen molar-refractivity contribution in [3.63, 3.8) is 0 Å². The molecule has 0 amide bonds. The summed E-state index contributed by atoms with van der Waals surface area (Å²) in [6, 6.07) is 4.01. The molecule has 1 unspecified atom stereocenters. The highest BCUT2D eigenvalue weighted by Crippen LogP contribution is 2.30. The first-order chi connectivity index (χ1) is 9.40. The minimum atomic E-state index is 0.145. The van der Waals surface area contributed by atoms with Crippen molar-refractivity contribution in [1.29, 1.82) is 0 Å². The van der Waals surface area contributed by atoms with Gasteiger partial charge in [0.05, 0.1) is 12.6 Å². The Balaban J connectivity index is 2.03. The summed E-state index contributed by atoms with van der Waals surface area (Å²) in [5, 5.41) is 9.46. The molecule has 1 atom stereocenters. The van der Waals surface area contributed by atoms with Crippen molar-refractivity contribution in [2.24, 2.45) is 0 Å². The fourth-order valence-electron chi connectivity index (χ4n) is 2.55. The summed E-state index contributed by atoms with van der Waals surface area (Å²) in [4.78, 5) is 15.2. The molecule has 0 saturated carbocycles. The molecule has 0 bridgehead atoms. The molecule has 0 aliphatic carbocycles. The first-order valence-electron chi connectivity index (χ1n) is 6.49. The molecule has 5 heteroatoms. The van der Waals surface area contributed by atoms with Crippen LogP contribution in [0, 0.1) is 0 Å². The number of hydrogen-bond donors (Lipinski definition) is 1. The SMILES string of the molecule is OCC1CCCN1c1nccnc1-c1cccnc1. The molecule has 0 radical (unpaired) electrons. The van der Waals surface area contributed by atoms with Crippen LogP contribution in [0.25, 0.3) is 11.3 Å². The molecule has 1 N–H and O–H groups in total. The molecule has 19 heavy (non-hydrogen) atoms. The fraction of sp³-hybridized carbons (Fsp3) is 0.357. The monoisotopic (exact) mass is 256 g/mol. The van der Waals surface area contributed by atoms with E-state index >= 15 is 0 Å². The van der Waals surface area contributed by atoms with Gasteiger partial charge in [0, 0.05) is 36.9 Å². The molecule has 5 nitrogen and oxygen atoms in total. The number of rotatable bonds is 3. The Labute approximate surface area is 112 Å². The van der Waals surface area contributed by atoms with Gasteiger partial charge in [-0.2, -0.15) is 0 Å². The van der Waals surface area contributed by atoms with Crippen molar-refractivity contribution in [3.05, 3.63) is 36.9 Å². The van der Waals surface area contributed by atoms with Gasteiger partial charge in [-0.15, -0.1) is 0 Å². The van der Waals surface area contributed by atoms with Crippen LogP contribution in [0.5, 0.6) is 0 Å². The average Bonchev–Trinajstić information content (AvgIpc) is 2.96. The summed E-state index contributed by atoms with van der Waals surface area (Å²) >= 11 is 0. The molecule has 3 rings (SSSR count). The lowest BCUT2D eigenvalue weighted by Gasteiger charge is -2.25. The molecule has 2 aromatic rings. The zero-order valence-electron chi connectivity index (χ0n) is 10.6. The minimum absolute atomic E-state index is 0.145. The summed E-state index contributed by atoms with van der Waals surface area (Å²) in [6.07, 6.45) is 9.00. The molecule has 98 valence electrons. The Morgan fingerprint density at radius 3 is 2.95 bits per heavy atom. The van der Waals surface area contributed by atoms with Crippen LogP contribution in [0.3, 0.4) is 0 Å². The van der Waals surface area contributed by atoms with Crippen LogP contribution < -0.4 is 4.90 Å². The van der Waals surface area contributed by atoms with Crippen LogP contribution in [0.1, 0.15) is 12.8 Å². The van der Waals surface area contributed by atoms with Crippen molar-refractivity contribution < 1.29 is 5.11 Å². The van der Waals surface area contributed by atoms with E-state index in [1.807, 2.05) is 12.1 Å². The van der Waals surface area contributed by atoms with Gasteiger partial charge in [-0.25, -0.2) is 4.98 Å². The number of aromatic nitrogens is 3. The van der Waals surface area contributed by atoms with Crippen LogP contribution in [0.4, 0.5) is 5.82 Å². The Morgan fingerprint density at radius 1 is 1.26 bits per heavy atom. The Kier molecular flexibility index (Phi) is 3.37. The molecule has 1 aliphatic rings. The topological polar surface area (TPSA) is 62.1 Å². The lowest BCUT2D eigenvalue weighted by Crippen LogP contribution is -2.33. The summed E-state index contributed by atoms with van der Waals surface area (Å²) in [6.45, 7) is 1.07. The molecular formula is C14H16N4O. The lowest BCUT2D eigenvalue weighted by molar-refractivity contribution is 0.266. The quantitative estimate of drug-likeness (QED) is 0.901. The maximum atomic E-state index is 9.46. The van der Waals surface area contributed by atoms with Crippen LogP contribution in [0.2, 0.25) is 0 Å². The highest BCUT2D eigenvalue weighted by molar-refractivity contribution is 5.71. The fourth-order valence-corrected chi connectivity index (χ4v) is 2.55. The maximum Gasteiger partial charge on any atom is 0.155 e. The van der Waals surface area contributed by atoms with Crippen LogP contribution in [-0.4, -0.2) is 39.3 Å².